The van der Waals surface area contributed by atoms with Crippen LogP contribution in [-0.4, -0.2) is 21.5 Å². The monoisotopic (exact) mass is 335 g/mol. The molecule has 3 N–H and O–H groups in total. The molecule has 5 heteroatoms. The fraction of sp³-hybridized carbons (Fsp3) is 0.133. The van der Waals surface area contributed by atoms with Gasteiger partial charge in [-0.3, -0.25) is 4.79 Å². The molecule has 4 nitrogen and oxygen atoms in total. The minimum absolute atomic E-state index is 0.148. The van der Waals surface area contributed by atoms with E-state index in [0.29, 0.717) is 5.33 Å². The summed E-state index contributed by atoms with van der Waals surface area (Å²) in [5.41, 5.74) is 1.19. The number of phenolic OH excluding ortho intramolecular Hbond substituents is 2. The van der Waals surface area contributed by atoms with Crippen LogP contribution in [0.1, 0.15) is 22.0 Å². The van der Waals surface area contributed by atoms with Crippen molar-refractivity contribution >= 4 is 21.8 Å². The molecule has 20 heavy (non-hydrogen) atoms. The van der Waals surface area contributed by atoms with E-state index in [2.05, 4.69) is 21.2 Å². The van der Waals surface area contributed by atoms with Crippen LogP contribution in [0.25, 0.3) is 0 Å². The zero-order valence-corrected chi connectivity index (χ0v) is 12.2. The number of benzene rings is 2. The summed E-state index contributed by atoms with van der Waals surface area (Å²) in [6.45, 7) is 0. The normalized spacial score (nSPS) is 11.8. The number of hydrogen-bond donors (Lipinski definition) is 3. The molecule has 2 aromatic carbocycles. The maximum absolute atomic E-state index is 12.1. The average Bonchev–Trinajstić information content (AvgIpc) is 2.44. The predicted molar refractivity (Wildman–Crippen MR) is 80.2 cm³/mol. The van der Waals surface area contributed by atoms with E-state index < -0.39 is 0 Å². The highest BCUT2D eigenvalue weighted by molar-refractivity contribution is 9.09. The van der Waals surface area contributed by atoms with Crippen molar-refractivity contribution in [3.63, 3.8) is 0 Å². The zero-order chi connectivity index (χ0) is 14.5. The smallest absolute Gasteiger partial charge is 0.252 e. The maximum atomic E-state index is 12.1. The Morgan fingerprint density at radius 2 is 1.70 bits per heavy atom. The van der Waals surface area contributed by atoms with Gasteiger partial charge in [-0.1, -0.05) is 46.3 Å². The van der Waals surface area contributed by atoms with E-state index >= 15 is 0 Å². The van der Waals surface area contributed by atoms with Gasteiger partial charge < -0.3 is 15.5 Å². The number of halogens is 1. The first kappa shape index (κ1) is 14.4. The largest absolute Gasteiger partial charge is 0.508 e. The van der Waals surface area contributed by atoms with Crippen LogP contribution < -0.4 is 5.32 Å². The highest BCUT2D eigenvalue weighted by atomic mass is 79.9. The summed E-state index contributed by atoms with van der Waals surface area (Å²) < 4.78 is 0. The molecule has 2 aromatic rings. The molecule has 0 fully saturated rings. The Bertz CT molecular complexity index is 581. The number of carbonyl (C=O) groups is 1. The van der Waals surface area contributed by atoms with E-state index in [0.717, 1.165) is 5.56 Å². The lowest BCUT2D eigenvalue weighted by Gasteiger charge is -2.17. The maximum Gasteiger partial charge on any atom is 0.252 e. The quantitative estimate of drug-likeness (QED) is 0.752. The Balaban J connectivity index is 2.17. The van der Waals surface area contributed by atoms with Crippen LogP contribution in [0, 0.1) is 0 Å². The standard InChI is InChI=1S/C15H14BrNO3/c16-9-14(10-4-2-1-3-5-10)17-15(20)11-6-12(18)8-13(19)7-11/h1-8,14,18-19H,9H2,(H,17,20). The van der Waals surface area contributed by atoms with Gasteiger partial charge >= 0.3 is 0 Å². The topological polar surface area (TPSA) is 69.6 Å². The fourth-order valence-electron chi connectivity index (χ4n) is 1.86. The molecule has 1 amide bonds. The van der Waals surface area contributed by atoms with E-state index in [9.17, 15) is 15.0 Å². The van der Waals surface area contributed by atoms with Gasteiger partial charge in [0.2, 0.25) is 0 Å². The van der Waals surface area contributed by atoms with Crippen LogP contribution in [0.5, 0.6) is 11.5 Å². The number of amides is 1. The number of carbonyl (C=O) groups excluding carboxylic acids is 1. The van der Waals surface area contributed by atoms with Crippen molar-refractivity contribution in [2.45, 2.75) is 6.04 Å². The van der Waals surface area contributed by atoms with Gasteiger partial charge in [0.15, 0.2) is 0 Å². The number of nitrogens with one attached hydrogen (secondary N) is 1. The Morgan fingerprint density at radius 1 is 1.10 bits per heavy atom. The van der Waals surface area contributed by atoms with Crippen LogP contribution in [-0.2, 0) is 0 Å². The molecule has 0 saturated carbocycles. The van der Waals surface area contributed by atoms with Crippen molar-refractivity contribution in [1.29, 1.82) is 0 Å². The molecule has 0 radical (unpaired) electrons. The summed E-state index contributed by atoms with van der Waals surface area (Å²) in [7, 11) is 0. The molecular formula is C15H14BrNO3. The highest BCUT2D eigenvalue weighted by Crippen LogP contribution is 2.21. The summed E-state index contributed by atoms with van der Waals surface area (Å²) >= 11 is 3.37. The first-order valence-electron chi connectivity index (χ1n) is 6.05. The van der Waals surface area contributed by atoms with Gasteiger partial charge in [-0.2, -0.15) is 0 Å². The zero-order valence-electron chi connectivity index (χ0n) is 10.6. The number of hydrogen-bond acceptors (Lipinski definition) is 3. The van der Waals surface area contributed by atoms with Gasteiger partial charge in [0, 0.05) is 17.0 Å². The Hall–Kier alpha value is -2.01. The summed E-state index contributed by atoms with van der Waals surface area (Å²) in [6, 6.07) is 13.2. The van der Waals surface area contributed by atoms with Crippen molar-refractivity contribution in [3.8, 4) is 11.5 Å². The molecule has 0 aliphatic carbocycles. The summed E-state index contributed by atoms with van der Waals surface area (Å²) in [5.74, 6) is -0.653. The molecule has 0 aromatic heterocycles. The second-order valence-corrected chi connectivity index (χ2v) is 4.98. The lowest BCUT2D eigenvalue weighted by Crippen LogP contribution is -2.29. The van der Waals surface area contributed by atoms with E-state index in [1.54, 1.807) is 0 Å². The van der Waals surface area contributed by atoms with E-state index in [4.69, 9.17) is 0 Å². The predicted octanol–water partition coefficient (Wildman–Crippen LogP) is 2.96. The molecule has 0 aliphatic rings. The van der Waals surface area contributed by atoms with Crippen LogP contribution in [0.4, 0.5) is 0 Å². The summed E-state index contributed by atoms with van der Waals surface area (Å²) in [6.07, 6.45) is 0. The third-order valence-electron chi connectivity index (χ3n) is 2.83. The van der Waals surface area contributed by atoms with Crippen molar-refractivity contribution in [1.82, 2.24) is 5.32 Å². The number of alkyl halides is 1. The Kier molecular flexibility index (Phi) is 4.63. The van der Waals surface area contributed by atoms with Crippen LogP contribution in [0.15, 0.2) is 48.5 Å². The molecule has 1 atom stereocenters. The lowest BCUT2D eigenvalue weighted by atomic mass is 10.1. The van der Waals surface area contributed by atoms with Gasteiger partial charge in [0.25, 0.3) is 5.91 Å². The van der Waals surface area contributed by atoms with Gasteiger partial charge in [-0.25, -0.2) is 0 Å². The number of aromatic hydroxyl groups is 2. The molecule has 0 aliphatic heterocycles. The van der Waals surface area contributed by atoms with E-state index in [1.807, 2.05) is 30.3 Å². The van der Waals surface area contributed by atoms with Crippen molar-refractivity contribution in [3.05, 3.63) is 59.7 Å². The van der Waals surface area contributed by atoms with Crippen LogP contribution >= 0.6 is 15.9 Å². The van der Waals surface area contributed by atoms with Gasteiger partial charge in [-0.05, 0) is 17.7 Å². The minimum atomic E-state index is -0.357. The van der Waals surface area contributed by atoms with Gasteiger partial charge in [0.05, 0.1) is 6.04 Å². The second-order valence-electron chi connectivity index (χ2n) is 4.33. The second kappa shape index (κ2) is 6.43. The molecule has 0 saturated heterocycles. The SMILES string of the molecule is O=C(NC(CBr)c1ccccc1)c1cc(O)cc(O)c1. The molecule has 2 rings (SSSR count). The molecule has 0 spiro atoms. The van der Waals surface area contributed by atoms with Gasteiger partial charge in [0.1, 0.15) is 11.5 Å². The van der Waals surface area contributed by atoms with E-state index in [1.165, 1.54) is 18.2 Å². The van der Waals surface area contributed by atoms with Crippen molar-refractivity contribution in [2.24, 2.45) is 0 Å². The number of phenols is 2. The Morgan fingerprint density at radius 3 is 2.25 bits per heavy atom. The minimum Gasteiger partial charge on any atom is -0.508 e. The molecular weight excluding hydrogens is 322 g/mol. The first-order chi connectivity index (χ1) is 9.60. The van der Waals surface area contributed by atoms with Crippen molar-refractivity contribution in [2.75, 3.05) is 5.33 Å². The van der Waals surface area contributed by atoms with E-state index in [-0.39, 0.29) is 29.0 Å². The van der Waals surface area contributed by atoms with Crippen molar-refractivity contribution < 1.29 is 15.0 Å². The molecule has 104 valence electrons. The first-order valence-corrected chi connectivity index (χ1v) is 7.17. The fourth-order valence-corrected chi connectivity index (χ4v) is 2.40. The Labute approximate surface area is 125 Å². The summed E-state index contributed by atoms with van der Waals surface area (Å²) in [5, 5.41) is 22.2. The average molecular weight is 336 g/mol. The molecule has 0 bridgehead atoms. The van der Waals surface area contributed by atoms with Crippen LogP contribution in [0.3, 0.4) is 0 Å². The van der Waals surface area contributed by atoms with Crippen LogP contribution in [0.2, 0.25) is 0 Å². The lowest BCUT2D eigenvalue weighted by molar-refractivity contribution is 0.0940. The molecule has 0 heterocycles. The summed E-state index contributed by atoms with van der Waals surface area (Å²) in [4.78, 5) is 12.1. The molecule has 1 unspecified atom stereocenters. The number of rotatable bonds is 4. The van der Waals surface area contributed by atoms with Gasteiger partial charge in [-0.15, -0.1) is 0 Å². The third-order valence-corrected chi connectivity index (χ3v) is 3.47. The highest BCUT2D eigenvalue weighted by Gasteiger charge is 2.15. The third kappa shape index (κ3) is 3.51.